The van der Waals surface area contributed by atoms with Crippen LogP contribution in [0, 0.1) is 5.92 Å². The highest BCUT2D eigenvalue weighted by Crippen LogP contribution is 2.17. The van der Waals surface area contributed by atoms with Crippen LogP contribution >= 0.6 is 11.3 Å². The molecule has 130 valence electrons. The summed E-state index contributed by atoms with van der Waals surface area (Å²) in [5.41, 5.74) is 0. The summed E-state index contributed by atoms with van der Waals surface area (Å²) in [5, 5.41) is 5.73. The molecule has 1 saturated heterocycles. The van der Waals surface area contributed by atoms with E-state index < -0.39 is 0 Å². The molecule has 0 saturated carbocycles. The zero-order chi connectivity index (χ0) is 16.7. The van der Waals surface area contributed by atoms with E-state index in [-0.39, 0.29) is 0 Å². The van der Waals surface area contributed by atoms with Crippen LogP contribution in [0.25, 0.3) is 0 Å². The fraction of sp³-hybridized carbons (Fsp3) is 0.722. The lowest BCUT2D eigenvalue weighted by atomic mass is 9.97. The van der Waals surface area contributed by atoms with Gasteiger partial charge < -0.3 is 15.1 Å². The van der Waals surface area contributed by atoms with Gasteiger partial charge in [-0.1, -0.05) is 6.07 Å². The molecule has 2 rings (SSSR count). The van der Waals surface area contributed by atoms with E-state index in [4.69, 9.17) is 0 Å². The van der Waals surface area contributed by atoms with Gasteiger partial charge in [0.2, 0.25) is 0 Å². The fourth-order valence-corrected chi connectivity index (χ4v) is 3.89. The molecule has 5 heteroatoms. The molecule has 0 aromatic carbocycles. The van der Waals surface area contributed by atoms with Crippen LogP contribution in [0.15, 0.2) is 22.5 Å². The highest BCUT2D eigenvalue weighted by molar-refractivity contribution is 7.09. The molecule has 0 radical (unpaired) electrons. The van der Waals surface area contributed by atoms with Gasteiger partial charge in [-0.05, 0) is 57.0 Å². The van der Waals surface area contributed by atoms with Crippen molar-refractivity contribution in [1.29, 1.82) is 0 Å². The van der Waals surface area contributed by atoms with Crippen molar-refractivity contribution in [3.05, 3.63) is 22.4 Å². The average molecular weight is 337 g/mol. The molecule has 1 fully saturated rings. The molecule has 1 aromatic heterocycles. The minimum absolute atomic E-state index is 0.658. The van der Waals surface area contributed by atoms with E-state index in [0.29, 0.717) is 6.04 Å². The second-order valence-electron chi connectivity index (χ2n) is 6.78. The number of rotatable bonds is 6. The Morgan fingerprint density at radius 3 is 3.00 bits per heavy atom. The molecule has 1 aliphatic heterocycles. The van der Waals surface area contributed by atoms with E-state index in [0.717, 1.165) is 31.4 Å². The molecule has 1 atom stereocenters. The summed E-state index contributed by atoms with van der Waals surface area (Å²) in [4.78, 5) is 10.7. The summed E-state index contributed by atoms with van der Waals surface area (Å²) in [6, 6.07) is 4.99. The van der Waals surface area contributed by atoms with Gasteiger partial charge in [0.15, 0.2) is 5.96 Å². The van der Waals surface area contributed by atoms with Gasteiger partial charge in [0.05, 0.1) is 0 Å². The van der Waals surface area contributed by atoms with Crippen LogP contribution in [0.1, 0.15) is 31.6 Å². The van der Waals surface area contributed by atoms with Crippen molar-refractivity contribution in [2.45, 2.75) is 39.2 Å². The van der Waals surface area contributed by atoms with Gasteiger partial charge in [0.25, 0.3) is 0 Å². The van der Waals surface area contributed by atoms with E-state index in [1.165, 1.54) is 30.8 Å². The molecule has 2 heterocycles. The normalized spacial score (nSPS) is 20.0. The Bertz CT molecular complexity index is 469. The molecule has 1 aromatic rings. The van der Waals surface area contributed by atoms with E-state index in [1.807, 2.05) is 18.4 Å². The van der Waals surface area contributed by atoms with Crippen molar-refractivity contribution in [2.75, 3.05) is 40.3 Å². The lowest BCUT2D eigenvalue weighted by molar-refractivity contribution is 0.140. The molecule has 0 bridgehead atoms. The van der Waals surface area contributed by atoms with Gasteiger partial charge >= 0.3 is 0 Å². The van der Waals surface area contributed by atoms with Crippen LogP contribution in [0.5, 0.6) is 0 Å². The number of nitrogens with zero attached hydrogens (tertiary/aromatic N) is 3. The number of likely N-dealkylation sites (N-methyl/N-ethyl adjacent to an activating group) is 1. The number of guanidine groups is 1. The van der Waals surface area contributed by atoms with Crippen molar-refractivity contribution < 1.29 is 0 Å². The molecule has 4 nitrogen and oxygen atoms in total. The van der Waals surface area contributed by atoms with Gasteiger partial charge in [-0.25, -0.2) is 0 Å². The Balaban J connectivity index is 1.75. The van der Waals surface area contributed by atoms with Crippen molar-refractivity contribution >= 4 is 17.3 Å². The maximum atomic E-state index is 4.45. The number of thiophene rings is 1. The SMILES string of the molecule is CN=C(NCC1CCCN(C(C)C)C1)N(C)CCc1cccs1. The molecular formula is C18H32N4S. The first-order valence-electron chi connectivity index (χ1n) is 8.78. The average Bonchev–Trinajstić information content (AvgIpc) is 3.07. The Labute approximate surface area is 145 Å². The highest BCUT2D eigenvalue weighted by atomic mass is 32.1. The molecule has 0 amide bonds. The largest absolute Gasteiger partial charge is 0.356 e. The summed E-state index contributed by atoms with van der Waals surface area (Å²) in [5.74, 6) is 1.75. The van der Waals surface area contributed by atoms with Crippen molar-refractivity contribution in [1.82, 2.24) is 15.1 Å². The predicted molar refractivity (Wildman–Crippen MR) is 101 cm³/mol. The van der Waals surface area contributed by atoms with Crippen LogP contribution in [0.2, 0.25) is 0 Å². The number of piperidine rings is 1. The quantitative estimate of drug-likeness (QED) is 0.640. The number of hydrogen-bond donors (Lipinski definition) is 1. The minimum Gasteiger partial charge on any atom is -0.356 e. The molecule has 1 aliphatic rings. The topological polar surface area (TPSA) is 30.9 Å². The van der Waals surface area contributed by atoms with Crippen molar-refractivity contribution in [3.8, 4) is 0 Å². The van der Waals surface area contributed by atoms with Crippen LogP contribution in [0.3, 0.4) is 0 Å². The second kappa shape index (κ2) is 9.28. The molecule has 1 N–H and O–H groups in total. The summed E-state index contributed by atoms with van der Waals surface area (Å²) < 4.78 is 0. The number of hydrogen-bond acceptors (Lipinski definition) is 3. The van der Waals surface area contributed by atoms with Crippen LogP contribution in [-0.4, -0.2) is 62.1 Å². The Kier molecular flexibility index (Phi) is 7.37. The van der Waals surface area contributed by atoms with E-state index in [2.05, 4.69) is 58.5 Å². The first kappa shape index (κ1) is 18.3. The van der Waals surface area contributed by atoms with E-state index in [9.17, 15) is 0 Å². The Morgan fingerprint density at radius 2 is 2.35 bits per heavy atom. The van der Waals surface area contributed by atoms with Crippen molar-refractivity contribution in [3.63, 3.8) is 0 Å². The maximum Gasteiger partial charge on any atom is 0.193 e. The Hall–Kier alpha value is -1.07. The van der Waals surface area contributed by atoms with Crippen LogP contribution < -0.4 is 5.32 Å². The predicted octanol–water partition coefficient (Wildman–Crippen LogP) is 2.92. The lowest BCUT2D eigenvalue weighted by Gasteiger charge is -2.36. The first-order valence-corrected chi connectivity index (χ1v) is 9.66. The van der Waals surface area contributed by atoms with Crippen molar-refractivity contribution in [2.24, 2.45) is 10.9 Å². The van der Waals surface area contributed by atoms with Gasteiger partial charge in [-0.15, -0.1) is 11.3 Å². The smallest absolute Gasteiger partial charge is 0.193 e. The number of nitrogens with one attached hydrogen (secondary N) is 1. The van der Waals surface area contributed by atoms with Gasteiger partial charge in [0, 0.05) is 44.6 Å². The van der Waals surface area contributed by atoms with Gasteiger partial charge in [-0.2, -0.15) is 0 Å². The molecule has 0 aliphatic carbocycles. The third kappa shape index (κ3) is 5.81. The van der Waals surface area contributed by atoms with E-state index >= 15 is 0 Å². The van der Waals surface area contributed by atoms with Gasteiger partial charge in [0.1, 0.15) is 0 Å². The number of likely N-dealkylation sites (tertiary alicyclic amines) is 1. The third-order valence-electron chi connectivity index (χ3n) is 4.68. The summed E-state index contributed by atoms with van der Waals surface area (Å²) >= 11 is 1.83. The fourth-order valence-electron chi connectivity index (χ4n) is 3.19. The zero-order valence-corrected chi connectivity index (χ0v) is 15.9. The monoisotopic (exact) mass is 336 g/mol. The molecule has 23 heavy (non-hydrogen) atoms. The third-order valence-corrected chi connectivity index (χ3v) is 5.61. The lowest BCUT2D eigenvalue weighted by Crippen LogP contribution is -2.46. The molecule has 1 unspecified atom stereocenters. The summed E-state index contributed by atoms with van der Waals surface area (Å²) in [7, 11) is 4.01. The van der Waals surface area contributed by atoms with Crippen LogP contribution in [-0.2, 0) is 6.42 Å². The molecule has 0 spiro atoms. The standard InChI is InChI=1S/C18H32N4S/c1-15(2)22-10-5-7-16(14-22)13-20-18(19-3)21(4)11-9-17-8-6-12-23-17/h6,8,12,15-16H,5,7,9-11,13-14H2,1-4H3,(H,19,20). The Morgan fingerprint density at radius 1 is 1.52 bits per heavy atom. The van der Waals surface area contributed by atoms with E-state index in [1.54, 1.807) is 0 Å². The zero-order valence-electron chi connectivity index (χ0n) is 15.1. The second-order valence-corrected chi connectivity index (χ2v) is 7.81. The number of aliphatic imine (C=N–C) groups is 1. The van der Waals surface area contributed by atoms with Gasteiger partial charge in [-0.3, -0.25) is 4.99 Å². The highest BCUT2D eigenvalue weighted by Gasteiger charge is 2.22. The summed E-state index contributed by atoms with van der Waals surface area (Å²) in [6.07, 6.45) is 3.73. The summed E-state index contributed by atoms with van der Waals surface area (Å²) in [6.45, 7) is 9.09. The molecular weight excluding hydrogens is 304 g/mol. The van der Waals surface area contributed by atoms with Crippen LogP contribution in [0.4, 0.5) is 0 Å². The first-order chi connectivity index (χ1) is 11.1. The minimum atomic E-state index is 0.658. The maximum absolute atomic E-state index is 4.45.